The van der Waals surface area contributed by atoms with Crippen molar-refractivity contribution in [2.24, 2.45) is 12.0 Å². The van der Waals surface area contributed by atoms with Gasteiger partial charge in [-0.25, -0.2) is 9.98 Å². The van der Waals surface area contributed by atoms with Crippen LogP contribution in [-0.2, 0) is 20.1 Å². The van der Waals surface area contributed by atoms with E-state index in [-0.39, 0.29) is 24.0 Å². The number of rotatable bonds is 12. The fraction of sp³-hybridized carbons (Fsp3) is 0.571. The minimum atomic E-state index is 0. The van der Waals surface area contributed by atoms with Crippen molar-refractivity contribution >= 4 is 29.9 Å². The van der Waals surface area contributed by atoms with E-state index in [2.05, 4.69) is 44.5 Å². The minimum absolute atomic E-state index is 0. The first-order valence-corrected chi connectivity index (χ1v) is 10.5. The van der Waals surface area contributed by atoms with E-state index in [9.17, 15) is 0 Å². The zero-order valence-electron chi connectivity index (χ0n) is 19.2. The van der Waals surface area contributed by atoms with Crippen LogP contribution in [-0.4, -0.2) is 65.5 Å². The van der Waals surface area contributed by atoms with Crippen molar-refractivity contribution in [1.82, 2.24) is 30.3 Å². The summed E-state index contributed by atoms with van der Waals surface area (Å²) in [5.74, 6) is 3.04. The number of guanidine groups is 1. The number of hydrogen-bond donors (Lipinski definition) is 2. The average molecular weight is 545 g/mol. The van der Waals surface area contributed by atoms with Gasteiger partial charge in [-0.3, -0.25) is 4.68 Å². The van der Waals surface area contributed by atoms with Crippen LogP contribution in [0.15, 0.2) is 29.5 Å². The number of ether oxygens (including phenoxy) is 2. The molecule has 10 heteroatoms. The molecule has 1 heterocycles. The molecule has 0 amide bonds. The quantitative estimate of drug-likeness (QED) is 0.241. The van der Waals surface area contributed by atoms with Crippen LogP contribution in [0.5, 0.6) is 11.5 Å². The third kappa shape index (κ3) is 8.90. The molecule has 0 aliphatic carbocycles. The molecular formula is C21H36IN7O2. The van der Waals surface area contributed by atoms with Gasteiger partial charge in [-0.05, 0) is 37.7 Å². The van der Waals surface area contributed by atoms with E-state index in [4.69, 9.17) is 9.47 Å². The van der Waals surface area contributed by atoms with Gasteiger partial charge in [0, 0.05) is 20.1 Å². The normalized spacial score (nSPS) is 11.2. The molecule has 1 aromatic carbocycles. The van der Waals surface area contributed by atoms with Gasteiger partial charge < -0.3 is 25.0 Å². The summed E-state index contributed by atoms with van der Waals surface area (Å²) in [6, 6.07) is 5.94. The molecule has 0 atom stereocenters. The van der Waals surface area contributed by atoms with Gasteiger partial charge in [0.2, 0.25) is 0 Å². The highest BCUT2D eigenvalue weighted by molar-refractivity contribution is 14.0. The molecule has 9 nitrogen and oxygen atoms in total. The molecule has 2 rings (SSSR count). The Bertz CT molecular complexity index is 794. The van der Waals surface area contributed by atoms with Crippen LogP contribution in [0, 0.1) is 0 Å². The van der Waals surface area contributed by atoms with Crippen molar-refractivity contribution < 1.29 is 9.47 Å². The maximum atomic E-state index is 5.93. The summed E-state index contributed by atoms with van der Waals surface area (Å²) < 4.78 is 13.2. The van der Waals surface area contributed by atoms with Gasteiger partial charge in [-0.2, -0.15) is 5.10 Å². The van der Waals surface area contributed by atoms with Gasteiger partial charge in [-0.1, -0.05) is 19.9 Å². The van der Waals surface area contributed by atoms with Crippen LogP contribution >= 0.6 is 24.0 Å². The third-order valence-electron chi connectivity index (χ3n) is 4.77. The molecule has 0 spiro atoms. The summed E-state index contributed by atoms with van der Waals surface area (Å²) >= 11 is 0. The molecule has 0 unspecified atom stereocenters. The van der Waals surface area contributed by atoms with Crippen molar-refractivity contribution in [1.29, 1.82) is 0 Å². The Labute approximate surface area is 202 Å². The predicted molar refractivity (Wildman–Crippen MR) is 134 cm³/mol. The highest BCUT2D eigenvalue weighted by Gasteiger charge is 2.08. The van der Waals surface area contributed by atoms with Crippen LogP contribution in [0.3, 0.4) is 0 Å². The lowest BCUT2D eigenvalue weighted by Gasteiger charge is -2.19. The number of likely N-dealkylation sites (N-methyl/N-ethyl adjacent to an activating group) is 1. The lowest BCUT2D eigenvalue weighted by atomic mass is 10.2. The van der Waals surface area contributed by atoms with E-state index >= 15 is 0 Å². The van der Waals surface area contributed by atoms with Crippen molar-refractivity contribution in [3.63, 3.8) is 0 Å². The fourth-order valence-corrected chi connectivity index (χ4v) is 2.91. The molecule has 0 saturated carbocycles. The standard InChI is InChI=1S/C21H35N7O2.HI/c1-6-22-21(24-15-20-25-16-26-27(20)4)23-14-17-9-10-18(19(13-17)29-5)30-12-11-28(7-2)8-3;/h9-10,13,16H,6-8,11-12,14-15H2,1-5H3,(H2,22,23,24);1H. The zero-order chi connectivity index (χ0) is 21.8. The van der Waals surface area contributed by atoms with Crippen LogP contribution in [0.2, 0.25) is 0 Å². The highest BCUT2D eigenvalue weighted by atomic mass is 127. The molecule has 0 saturated heterocycles. The number of benzene rings is 1. The number of aromatic nitrogens is 3. The molecule has 2 aromatic rings. The Morgan fingerprint density at radius 3 is 2.55 bits per heavy atom. The summed E-state index contributed by atoms with van der Waals surface area (Å²) in [6.45, 7) is 11.7. The predicted octanol–water partition coefficient (Wildman–Crippen LogP) is 2.42. The second kappa shape index (κ2) is 14.8. The van der Waals surface area contributed by atoms with E-state index in [1.165, 1.54) is 0 Å². The Hall–Kier alpha value is -2.08. The molecule has 0 aliphatic heterocycles. The van der Waals surface area contributed by atoms with Crippen molar-refractivity contribution in [2.45, 2.75) is 33.9 Å². The average Bonchev–Trinajstić information content (AvgIpc) is 3.18. The Morgan fingerprint density at radius 2 is 1.94 bits per heavy atom. The van der Waals surface area contributed by atoms with E-state index in [1.807, 2.05) is 32.2 Å². The second-order valence-corrected chi connectivity index (χ2v) is 6.71. The monoisotopic (exact) mass is 545 g/mol. The number of halogens is 1. The van der Waals surface area contributed by atoms with E-state index in [0.717, 1.165) is 55.0 Å². The van der Waals surface area contributed by atoms with E-state index in [0.29, 0.717) is 19.7 Å². The first kappa shape index (κ1) is 27.0. The van der Waals surface area contributed by atoms with Gasteiger partial charge in [0.05, 0.1) is 20.2 Å². The van der Waals surface area contributed by atoms with Crippen molar-refractivity contribution in [2.75, 3.05) is 39.9 Å². The van der Waals surface area contributed by atoms with Crippen molar-refractivity contribution in [3.8, 4) is 11.5 Å². The summed E-state index contributed by atoms with van der Waals surface area (Å²) in [5, 5.41) is 10.6. The van der Waals surface area contributed by atoms with Crippen LogP contribution in [0.4, 0.5) is 0 Å². The Kier molecular flexibility index (Phi) is 12.9. The molecule has 174 valence electrons. The van der Waals surface area contributed by atoms with Crippen LogP contribution < -0.4 is 20.1 Å². The fourth-order valence-electron chi connectivity index (χ4n) is 2.91. The molecule has 0 fully saturated rings. The van der Waals surface area contributed by atoms with Gasteiger partial charge >= 0.3 is 0 Å². The summed E-state index contributed by atoms with van der Waals surface area (Å²) in [6.07, 6.45) is 1.54. The number of nitrogens with one attached hydrogen (secondary N) is 2. The van der Waals surface area contributed by atoms with E-state index in [1.54, 1.807) is 18.1 Å². The van der Waals surface area contributed by atoms with Gasteiger partial charge in [0.25, 0.3) is 0 Å². The molecule has 0 radical (unpaired) electrons. The zero-order valence-corrected chi connectivity index (χ0v) is 21.6. The largest absolute Gasteiger partial charge is 0.493 e. The molecule has 0 bridgehead atoms. The maximum absolute atomic E-state index is 5.93. The van der Waals surface area contributed by atoms with Crippen LogP contribution in [0.1, 0.15) is 32.2 Å². The minimum Gasteiger partial charge on any atom is -0.493 e. The third-order valence-corrected chi connectivity index (χ3v) is 4.77. The van der Waals surface area contributed by atoms with Crippen LogP contribution in [0.25, 0.3) is 0 Å². The molecule has 2 N–H and O–H groups in total. The molecule has 31 heavy (non-hydrogen) atoms. The summed E-state index contributed by atoms with van der Waals surface area (Å²) in [5.41, 5.74) is 1.04. The number of nitrogens with zero attached hydrogens (tertiary/aromatic N) is 5. The van der Waals surface area contributed by atoms with Gasteiger partial charge in [-0.15, -0.1) is 24.0 Å². The smallest absolute Gasteiger partial charge is 0.191 e. The second-order valence-electron chi connectivity index (χ2n) is 6.71. The summed E-state index contributed by atoms with van der Waals surface area (Å²) in [4.78, 5) is 11.2. The highest BCUT2D eigenvalue weighted by Crippen LogP contribution is 2.28. The first-order chi connectivity index (χ1) is 14.6. The maximum Gasteiger partial charge on any atom is 0.191 e. The topological polar surface area (TPSA) is 88.8 Å². The van der Waals surface area contributed by atoms with Gasteiger partial charge in [0.15, 0.2) is 17.5 Å². The summed E-state index contributed by atoms with van der Waals surface area (Å²) in [7, 11) is 3.53. The van der Waals surface area contributed by atoms with Crippen molar-refractivity contribution in [3.05, 3.63) is 35.9 Å². The van der Waals surface area contributed by atoms with Gasteiger partial charge in [0.1, 0.15) is 18.8 Å². The van der Waals surface area contributed by atoms with E-state index < -0.39 is 0 Å². The Balaban J connectivity index is 0.00000480. The number of hydrogen-bond acceptors (Lipinski definition) is 6. The number of aryl methyl sites for hydroxylation is 1. The lowest BCUT2D eigenvalue weighted by molar-refractivity contribution is 0.217. The SMILES string of the molecule is CCNC(=NCc1ccc(OCCN(CC)CC)c(OC)c1)NCc1ncnn1C.I. The molecule has 0 aliphatic rings. The lowest BCUT2D eigenvalue weighted by Crippen LogP contribution is -2.37. The molecule has 1 aromatic heterocycles. The number of methoxy groups -OCH3 is 1. The first-order valence-electron chi connectivity index (χ1n) is 10.5. The Morgan fingerprint density at radius 1 is 1.16 bits per heavy atom. The number of aliphatic imine (C=N–C) groups is 1. The molecular weight excluding hydrogens is 509 g/mol.